The number of morpholine rings is 1. The zero-order valence-electron chi connectivity index (χ0n) is 11.1. The van der Waals surface area contributed by atoms with Crippen LogP contribution in [0.5, 0.6) is 0 Å². The Morgan fingerprint density at radius 2 is 2.15 bits per heavy atom. The van der Waals surface area contributed by atoms with Crippen molar-refractivity contribution in [3.05, 3.63) is 22.4 Å². The molecule has 0 aliphatic carbocycles. The molecule has 1 aliphatic heterocycles. The molecule has 0 bridgehead atoms. The minimum absolute atomic E-state index is 0.0663. The van der Waals surface area contributed by atoms with Crippen molar-refractivity contribution in [1.29, 1.82) is 0 Å². The molecule has 2 rings (SSSR count). The summed E-state index contributed by atoms with van der Waals surface area (Å²) in [4.78, 5) is 12.6. The summed E-state index contributed by atoms with van der Waals surface area (Å²) in [6.45, 7) is 1.80. The van der Waals surface area contributed by atoms with Gasteiger partial charge < -0.3 is 10.1 Å². The number of rotatable bonds is 6. The largest absolute Gasteiger partial charge is 0.379 e. The summed E-state index contributed by atoms with van der Waals surface area (Å²) in [6, 6.07) is 3.77. The van der Waals surface area contributed by atoms with Gasteiger partial charge in [-0.1, -0.05) is 6.07 Å². The maximum Gasteiger partial charge on any atom is 0.225 e. The molecule has 0 saturated carbocycles. The molecule has 20 heavy (non-hydrogen) atoms. The van der Waals surface area contributed by atoms with E-state index >= 15 is 0 Å². The van der Waals surface area contributed by atoms with E-state index in [4.69, 9.17) is 4.74 Å². The Bertz CT molecular complexity index is 522. The van der Waals surface area contributed by atoms with Gasteiger partial charge in [-0.25, -0.2) is 8.42 Å². The topological polar surface area (TPSA) is 75.7 Å². The van der Waals surface area contributed by atoms with E-state index in [-0.39, 0.29) is 18.2 Å². The van der Waals surface area contributed by atoms with Gasteiger partial charge in [0, 0.05) is 24.5 Å². The fourth-order valence-electron chi connectivity index (χ4n) is 1.91. The fourth-order valence-corrected chi connectivity index (χ4v) is 3.93. The summed E-state index contributed by atoms with van der Waals surface area (Å²) in [5.74, 6) is -0.215. The minimum Gasteiger partial charge on any atom is -0.379 e. The Morgan fingerprint density at radius 3 is 2.80 bits per heavy atom. The van der Waals surface area contributed by atoms with Crippen molar-refractivity contribution in [3.8, 4) is 0 Å². The third kappa shape index (κ3) is 4.55. The molecular formula is C12H18N2O4S2. The second-order valence-electron chi connectivity index (χ2n) is 4.43. The normalized spacial score (nSPS) is 17.0. The highest BCUT2D eigenvalue weighted by atomic mass is 32.2. The molecule has 1 aromatic rings. The molecular weight excluding hydrogens is 300 g/mol. The molecule has 1 N–H and O–H groups in total. The average Bonchev–Trinajstić information content (AvgIpc) is 2.92. The highest BCUT2D eigenvalue weighted by Crippen LogP contribution is 2.09. The van der Waals surface area contributed by atoms with Crippen LogP contribution in [0.3, 0.4) is 0 Å². The second kappa shape index (κ2) is 7.16. The Labute approximate surface area is 122 Å². The molecule has 0 unspecified atom stereocenters. The van der Waals surface area contributed by atoms with Gasteiger partial charge in [-0.3, -0.25) is 4.79 Å². The number of hydrogen-bond acceptors (Lipinski definition) is 5. The molecule has 0 spiro atoms. The van der Waals surface area contributed by atoms with Crippen LogP contribution in [0.4, 0.5) is 0 Å². The number of carbonyl (C=O) groups is 1. The lowest BCUT2D eigenvalue weighted by Gasteiger charge is -2.26. The number of hydrogen-bond donors (Lipinski definition) is 1. The van der Waals surface area contributed by atoms with Crippen molar-refractivity contribution < 1.29 is 17.9 Å². The Morgan fingerprint density at radius 1 is 1.40 bits per heavy atom. The van der Waals surface area contributed by atoms with Gasteiger partial charge in [0.1, 0.15) is 0 Å². The van der Waals surface area contributed by atoms with Crippen LogP contribution in [0, 0.1) is 0 Å². The lowest BCUT2D eigenvalue weighted by molar-refractivity contribution is -0.120. The smallest absolute Gasteiger partial charge is 0.225 e. The Kier molecular flexibility index (Phi) is 5.53. The van der Waals surface area contributed by atoms with Crippen LogP contribution in [0.15, 0.2) is 17.5 Å². The number of sulfonamides is 1. The van der Waals surface area contributed by atoms with E-state index in [0.29, 0.717) is 32.7 Å². The Balaban J connectivity index is 1.73. The van der Waals surface area contributed by atoms with Gasteiger partial charge in [-0.05, 0) is 11.4 Å². The molecule has 1 aliphatic rings. The van der Waals surface area contributed by atoms with Crippen molar-refractivity contribution in [2.45, 2.75) is 6.42 Å². The SMILES string of the molecule is O=C(Cc1cccs1)NCCS(=O)(=O)N1CCOCC1. The molecule has 1 amide bonds. The summed E-state index contributed by atoms with van der Waals surface area (Å²) >= 11 is 1.51. The van der Waals surface area contributed by atoms with E-state index in [2.05, 4.69) is 5.32 Å². The molecule has 112 valence electrons. The summed E-state index contributed by atoms with van der Waals surface area (Å²) in [7, 11) is -3.30. The number of nitrogens with one attached hydrogen (secondary N) is 1. The van der Waals surface area contributed by atoms with Crippen LogP contribution in [0.1, 0.15) is 4.88 Å². The molecule has 2 heterocycles. The predicted molar refractivity (Wildman–Crippen MR) is 77.2 cm³/mol. The first-order chi connectivity index (χ1) is 9.58. The van der Waals surface area contributed by atoms with Crippen LogP contribution < -0.4 is 5.32 Å². The number of nitrogens with zero attached hydrogens (tertiary/aromatic N) is 1. The van der Waals surface area contributed by atoms with Crippen molar-refractivity contribution in [1.82, 2.24) is 9.62 Å². The second-order valence-corrected chi connectivity index (χ2v) is 7.55. The van der Waals surface area contributed by atoms with Crippen LogP contribution >= 0.6 is 11.3 Å². The summed E-state index contributed by atoms with van der Waals surface area (Å²) < 4.78 is 30.6. The van der Waals surface area contributed by atoms with Gasteiger partial charge in [0.05, 0.1) is 25.4 Å². The van der Waals surface area contributed by atoms with E-state index < -0.39 is 10.0 Å². The third-order valence-electron chi connectivity index (χ3n) is 2.96. The van der Waals surface area contributed by atoms with Gasteiger partial charge in [0.15, 0.2) is 0 Å². The van der Waals surface area contributed by atoms with Gasteiger partial charge in [0.25, 0.3) is 0 Å². The number of ether oxygens (including phenoxy) is 1. The molecule has 0 atom stereocenters. The van der Waals surface area contributed by atoms with Crippen LogP contribution in [-0.2, 0) is 26.0 Å². The molecule has 6 nitrogen and oxygen atoms in total. The summed E-state index contributed by atoms with van der Waals surface area (Å²) in [6.07, 6.45) is 0.301. The number of amides is 1. The minimum atomic E-state index is -3.30. The van der Waals surface area contributed by atoms with Crippen LogP contribution in [0.25, 0.3) is 0 Å². The standard InChI is InChI=1S/C12H18N2O4S2/c15-12(10-11-2-1-8-19-11)13-3-9-20(16,17)14-4-6-18-7-5-14/h1-2,8H,3-7,9-10H2,(H,13,15). The van der Waals surface area contributed by atoms with E-state index in [1.54, 1.807) is 0 Å². The summed E-state index contributed by atoms with van der Waals surface area (Å²) in [5.41, 5.74) is 0. The lowest BCUT2D eigenvalue weighted by atomic mass is 10.3. The van der Waals surface area contributed by atoms with E-state index in [1.807, 2.05) is 17.5 Å². The van der Waals surface area contributed by atoms with E-state index in [0.717, 1.165) is 4.88 Å². The molecule has 8 heteroatoms. The fraction of sp³-hybridized carbons (Fsp3) is 0.583. The lowest BCUT2D eigenvalue weighted by Crippen LogP contribution is -2.43. The first kappa shape index (κ1) is 15.4. The van der Waals surface area contributed by atoms with Gasteiger partial charge >= 0.3 is 0 Å². The number of thiophene rings is 1. The van der Waals surface area contributed by atoms with Crippen molar-refractivity contribution in [2.24, 2.45) is 0 Å². The zero-order valence-corrected chi connectivity index (χ0v) is 12.7. The predicted octanol–water partition coefficient (Wildman–Crippen LogP) is 0.0688. The quantitative estimate of drug-likeness (QED) is 0.805. The first-order valence-electron chi connectivity index (χ1n) is 6.42. The average molecular weight is 318 g/mol. The number of carbonyl (C=O) groups excluding carboxylic acids is 1. The van der Waals surface area contributed by atoms with Crippen molar-refractivity contribution in [3.63, 3.8) is 0 Å². The molecule has 0 aromatic carbocycles. The molecule has 1 aromatic heterocycles. The summed E-state index contributed by atoms with van der Waals surface area (Å²) in [5, 5.41) is 4.56. The van der Waals surface area contributed by atoms with Crippen LogP contribution in [0.2, 0.25) is 0 Å². The van der Waals surface area contributed by atoms with E-state index in [9.17, 15) is 13.2 Å². The Hall–Kier alpha value is -0.960. The van der Waals surface area contributed by atoms with Crippen molar-refractivity contribution >= 4 is 27.3 Å². The van der Waals surface area contributed by atoms with Gasteiger partial charge in [0.2, 0.25) is 15.9 Å². The molecule has 1 saturated heterocycles. The monoisotopic (exact) mass is 318 g/mol. The zero-order chi connectivity index (χ0) is 14.4. The highest BCUT2D eigenvalue weighted by molar-refractivity contribution is 7.89. The van der Waals surface area contributed by atoms with Gasteiger partial charge in [-0.2, -0.15) is 4.31 Å². The highest BCUT2D eigenvalue weighted by Gasteiger charge is 2.23. The maximum absolute atomic E-state index is 12.0. The van der Waals surface area contributed by atoms with Gasteiger partial charge in [-0.15, -0.1) is 11.3 Å². The third-order valence-corrected chi connectivity index (χ3v) is 5.71. The van der Waals surface area contributed by atoms with Crippen molar-refractivity contribution in [2.75, 3.05) is 38.6 Å². The maximum atomic E-state index is 12.0. The molecule has 0 radical (unpaired) electrons. The molecule has 1 fully saturated rings. The van der Waals surface area contributed by atoms with E-state index in [1.165, 1.54) is 15.6 Å². The first-order valence-corrected chi connectivity index (χ1v) is 8.91. The van der Waals surface area contributed by atoms with Crippen LogP contribution in [-0.4, -0.2) is 57.2 Å².